The second-order valence-corrected chi connectivity index (χ2v) is 10.0. The van der Waals surface area contributed by atoms with Crippen LogP contribution in [0.1, 0.15) is 36.1 Å². The van der Waals surface area contributed by atoms with E-state index in [9.17, 15) is 8.42 Å². The fourth-order valence-electron chi connectivity index (χ4n) is 4.41. The molecule has 2 aliphatic rings. The molecule has 4 rings (SSSR count). The summed E-state index contributed by atoms with van der Waals surface area (Å²) in [5.74, 6) is 0.596. The van der Waals surface area contributed by atoms with Gasteiger partial charge in [0.1, 0.15) is 10.7 Å². The molecular formula is C24H29N3O2S. The summed E-state index contributed by atoms with van der Waals surface area (Å²) in [6, 6.07) is 14.6. The van der Waals surface area contributed by atoms with E-state index in [1.807, 2.05) is 39.0 Å². The number of anilines is 1. The first-order chi connectivity index (χ1) is 14.2. The normalized spacial score (nSPS) is 21.2. The Kier molecular flexibility index (Phi) is 5.22. The minimum atomic E-state index is -3.69. The van der Waals surface area contributed by atoms with Gasteiger partial charge in [0.15, 0.2) is 0 Å². The van der Waals surface area contributed by atoms with Crippen LogP contribution in [0.3, 0.4) is 0 Å². The van der Waals surface area contributed by atoms with Crippen molar-refractivity contribution in [2.75, 3.05) is 24.5 Å². The fraction of sp³-hybridized carbons (Fsp3) is 0.375. The number of nitrogens with zero attached hydrogens (tertiary/aromatic N) is 3. The molecule has 5 nitrogen and oxygen atoms in total. The number of piperazine rings is 1. The minimum Gasteiger partial charge on any atom is -0.365 e. The van der Waals surface area contributed by atoms with E-state index in [-0.39, 0.29) is 6.04 Å². The Balaban J connectivity index is 1.62. The van der Waals surface area contributed by atoms with Gasteiger partial charge in [-0.2, -0.15) is 8.42 Å². The van der Waals surface area contributed by atoms with Crippen LogP contribution in [0.4, 0.5) is 5.69 Å². The molecule has 2 heterocycles. The molecule has 0 aliphatic carbocycles. The van der Waals surface area contributed by atoms with E-state index in [0.29, 0.717) is 10.7 Å². The first kappa shape index (κ1) is 20.7. The first-order valence-corrected chi connectivity index (χ1v) is 11.8. The topological polar surface area (TPSA) is 53.0 Å². The molecule has 30 heavy (non-hydrogen) atoms. The number of hydrogen-bond acceptors (Lipinski definition) is 4. The molecule has 6 heteroatoms. The van der Waals surface area contributed by atoms with Gasteiger partial charge >= 0.3 is 0 Å². The summed E-state index contributed by atoms with van der Waals surface area (Å²) in [6.07, 6.45) is 0. The number of amidine groups is 1. The molecule has 2 aliphatic heterocycles. The van der Waals surface area contributed by atoms with Crippen molar-refractivity contribution in [3.8, 4) is 0 Å². The molecular weight excluding hydrogens is 394 g/mol. The van der Waals surface area contributed by atoms with Gasteiger partial charge in [0, 0.05) is 36.9 Å². The Morgan fingerprint density at radius 2 is 1.73 bits per heavy atom. The summed E-state index contributed by atoms with van der Waals surface area (Å²) in [5, 5.41) is 0. The molecule has 0 unspecified atom stereocenters. The lowest BCUT2D eigenvalue weighted by atomic mass is 10.0. The number of hydrogen-bond donors (Lipinski definition) is 0. The lowest BCUT2D eigenvalue weighted by Gasteiger charge is -2.42. The predicted octanol–water partition coefficient (Wildman–Crippen LogP) is 4.30. The lowest BCUT2D eigenvalue weighted by Crippen LogP contribution is -2.53. The number of aryl methyl sites for hydroxylation is 3. The monoisotopic (exact) mass is 423 g/mol. The van der Waals surface area contributed by atoms with Gasteiger partial charge in [-0.25, -0.2) is 0 Å². The molecule has 0 N–H and O–H groups in total. The highest BCUT2D eigenvalue weighted by atomic mass is 32.2. The summed E-state index contributed by atoms with van der Waals surface area (Å²) in [4.78, 5) is 4.85. The predicted molar refractivity (Wildman–Crippen MR) is 124 cm³/mol. The molecule has 1 saturated heterocycles. The average molecular weight is 424 g/mol. The zero-order chi connectivity index (χ0) is 21.6. The maximum atomic E-state index is 12.9. The molecule has 0 aromatic heterocycles. The van der Waals surface area contributed by atoms with Crippen molar-refractivity contribution in [3.63, 3.8) is 0 Å². The van der Waals surface area contributed by atoms with Crippen LogP contribution in [0.15, 0.2) is 52.4 Å². The highest BCUT2D eigenvalue weighted by Crippen LogP contribution is 2.35. The van der Waals surface area contributed by atoms with E-state index in [1.165, 1.54) is 11.3 Å². The summed E-state index contributed by atoms with van der Waals surface area (Å²) >= 11 is 0. The van der Waals surface area contributed by atoms with Crippen LogP contribution in [0.5, 0.6) is 0 Å². The Morgan fingerprint density at radius 1 is 0.967 bits per heavy atom. The Labute approximate surface area is 179 Å². The smallest absolute Gasteiger partial charge is 0.285 e. The highest BCUT2D eigenvalue weighted by molar-refractivity contribution is 8.00. The SMILES string of the molecule is CC1=C(c2ccc(C)c(C)c2)S(=O)(=O)N=C1N1CCN(c2cccc(C)c2)[C@@H](C)C1. The summed E-state index contributed by atoms with van der Waals surface area (Å²) in [7, 11) is -3.69. The van der Waals surface area contributed by atoms with Crippen LogP contribution in [-0.2, 0) is 10.0 Å². The van der Waals surface area contributed by atoms with Gasteiger partial charge in [0.05, 0.1) is 0 Å². The van der Waals surface area contributed by atoms with Crippen LogP contribution in [0.2, 0.25) is 0 Å². The molecule has 2 aromatic carbocycles. The molecule has 0 amide bonds. The molecule has 0 radical (unpaired) electrons. The minimum absolute atomic E-state index is 0.254. The van der Waals surface area contributed by atoms with Crippen molar-refractivity contribution in [1.29, 1.82) is 0 Å². The molecule has 2 aromatic rings. The zero-order valence-electron chi connectivity index (χ0n) is 18.3. The van der Waals surface area contributed by atoms with E-state index in [1.54, 1.807) is 0 Å². The summed E-state index contributed by atoms with van der Waals surface area (Å²) in [6.45, 7) is 12.5. The maximum absolute atomic E-state index is 12.9. The van der Waals surface area contributed by atoms with E-state index in [0.717, 1.165) is 41.9 Å². The molecule has 158 valence electrons. The van der Waals surface area contributed by atoms with Crippen molar-refractivity contribution in [1.82, 2.24) is 4.90 Å². The van der Waals surface area contributed by atoms with E-state index >= 15 is 0 Å². The van der Waals surface area contributed by atoms with Crippen molar-refractivity contribution >= 4 is 26.5 Å². The van der Waals surface area contributed by atoms with Gasteiger partial charge < -0.3 is 9.80 Å². The fourth-order valence-corrected chi connectivity index (χ4v) is 5.88. The highest BCUT2D eigenvalue weighted by Gasteiger charge is 2.36. The maximum Gasteiger partial charge on any atom is 0.285 e. The molecule has 1 atom stereocenters. The van der Waals surface area contributed by atoms with Crippen molar-refractivity contribution in [2.24, 2.45) is 4.40 Å². The van der Waals surface area contributed by atoms with Gasteiger partial charge in [-0.3, -0.25) is 0 Å². The third-order valence-corrected chi connectivity index (χ3v) is 7.64. The molecule has 0 spiro atoms. The van der Waals surface area contributed by atoms with Crippen molar-refractivity contribution < 1.29 is 8.42 Å². The van der Waals surface area contributed by atoms with Crippen LogP contribution >= 0.6 is 0 Å². The first-order valence-electron chi connectivity index (χ1n) is 10.4. The standard InChI is InChI=1S/C24H29N3O2S/c1-16-7-6-8-22(13-16)27-12-11-26(15-19(27)4)24-20(5)23(30(28,29)25-24)21-10-9-17(2)18(3)14-21/h6-10,13-14,19H,11-12,15H2,1-5H3/t19-/m0/s1. The van der Waals surface area contributed by atoms with Crippen LogP contribution in [-0.4, -0.2) is 44.8 Å². The van der Waals surface area contributed by atoms with Crippen molar-refractivity contribution in [3.05, 3.63) is 70.3 Å². The second-order valence-electron chi connectivity index (χ2n) is 8.47. The number of sulfonamides is 1. The van der Waals surface area contributed by atoms with E-state index in [2.05, 4.69) is 52.3 Å². The lowest BCUT2D eigenvalue weighted by molar-refractivity contribution is 0.339. The zero-order valence-corrected chi connectivity index (χ0v) is 19.1. The van der Waals surface area contributed by atoms with Gasteiger partial charge in [0.25, 0.3) is 10.0 Å². The summed E-state index contributed by atoms with van der Waals surface area (Å²) < 4.78 is 30.1. The average Bonchev–Trinajstić information content (AvgIpc) is 2.93. The molecule has 0 saturated carbocycles. The second kappa shape index (κ2) is 7.58. The summed E-state index contributed by atoms with van der Waals surface area (Å²) in [5.41, 5.74) is 6.15. The largest absolute Gasteiger partial charge is 0.365 e. The van der Waals surface area contributed by atoms with E-state index in [4.69, 9.17) is 0 Å². The Hall–Kier alpha value is -2.60. The van der Waals surface area contributed by atoms with Gasteiger partial charge in [-0.05, 0) is 69.0 Å². The third-order valence-electron chi connectivity index (χ3n) is 6.17. The van der Waals surface area contributed by atoms with Crippen LogP contribution in [0, 0.1) is 20.8 Å². The van der Waals surface area contributed by atoms with E-state index < -0.39 is 10.0 Å². The van der Waals surface area contributed by atoms with Crippen LogP contribution in [0.25, 0.3) is 4.91 Å². The number of benzene rings is 2. The number of rotatable bonds is 2. The van der Waals surface area contributed by atoms with Crippen LogP contribution < -0.4 is 4.90 Å². The van der Waals surface area contributed by atoms with Crippen molar-refractivity contribution in [2.45, 2.75) is 40.7 Å². The Morgan fingerprint density at radius 3 is 2.40 bits per heavy atom. The quantitative estimate of drug-likeness (QED) is 0.723. The van der Waals surface area contributed by atoms with Gasteiger partial charge in [-0.1, -0.05) is 30.3 Å². The van der Waals surface area contributed by atoms with Gasteiger partial charge in [-0.15, -0.1) is 4.40 Å². The molecule has 1 fully saturated rings. The molecule has 0 bridgehead atoms. The Bertz CT molecular complexity index is 1160. The van der Waals surface area contributed by atoms with Gasteiger partial charge in [0.2, 0.25) is 0 Å². The third kappa shape index (κ3) is 3.65.